The third-order valence-electron chi connectivity index (χ3n) is 4.30. The predicted octanol–water partition coefficient (Wildman–Crippen LogP) is 5.20. The van der Waals surface area contributed by atoms with Gasteiger partial charge in [-0.25, -0.2) is 0 Å². The zero-order valence-electron chi connectivity index (χ0n) is 18.1. The van der Waals surface area contributed by atoms with Crippen molar-refractivity contribution in [2.24, 2.45) is 5.73 Å². The van der Waals surface area contributed by atoms with Crippen LogP contribution in [0.4, 0.5) is 0 Å². The van der Waals surface area contributed by atoms with Crippen LogP contribution in [-0.4, -0.2) is 43.7 Å². The Morgan fingerprint density at radius 1 is 0.967 bits per heavy atom. The standard InChI is InChI=1S/C19H32ClNO7P2/c1-6-25-29(23,26-7-2)19(30(24,27-8-3)28-9-4)17(18(21)14(5)22)15-11-10-12-16(20)13-15/h10-13,17-19H,6-9,21H2,1-5H3/t17-,18-/m1/s1. The van der Waals surface area contributed by atoms with E-state index < -0.39 is 38.3 Å². The topological polar surface area (TPSA) is 114 Å². The molecule has 172 valence electrons. The number of hydrogen-bond acceptors (Lipinski definition) is 8. The number of Topliss-reactive ketones (excluding diaryl/α,β-unsaturated/α-hetero) is 1. The number of halogens is 1. The van der Waals surface area contributed by atoms with Crippen molar-refractivity contribution in [2.45, 2.75) is 52.0 Å². The Morgan fingerprint density at radius 2 is 1.40 bits per heavy atom. The van der Waals surface area contributed by atoms with Gasteiger partial charge in [-0.2, -0.15) is 0 Å². The van der Waals surface area contributed by atoms with E-state index in [2.05, 4.69) is 0 Å². The van der Waals surface area contributed by atoms with Crippen molar-refractivity contribution in [3.63, 3.8) is 0 Å². The normalized spacial score (nSPS) is 14.7. The molecule has 1 aromatic carbocycles. The SMILES string of the molecule is CCOP(=O)(OCC)C([C@H](c1cccc(Cl)c1)[C@H](N)C(C)=O)P(=O)(OCC)OCC. The molecule has 0 amide bonds. The first-order valence-electron chi connectivity index (χ1n) is 9.89. The average molecular weight is 484 g/mol. The number of nitrogens with two attached hydrogens (primary N) is 1. The molecule has 0 saturated carbocycles. The molecule has 2 N–H and O–H groups in total. The molecule has 0 radical (unpaired) electrons. The van der Waals surface area contributed by atoms with Gasteiger partial charge in [-0.15, -0.1) is 0 Å². The molecule has 0 spiro atoms. The maximum absolute atomic E-state index is 14.0. The molecule has 8 nitrogen and oxygen atoms in total. The summed E-state index contributed by atoms with van der Waals surface area (Å²) in [5.41, 5.74) is 6.72. The van der Waals surface area contributed by atoms with Crippen LogP contribution in [0.3, 0.4) is 0 Å². The monoisotopic (exact) mass is 483 g/mol. The minimum atomic E-state index is -4.13. The summed E-state index contributed by atoms with van der Waals surface area (Å²) in [4.78, 5) is 12.3. The largest absolute Gasteiger partial charge is 0.346 e. The summed E-state index contributed by atoms with van der Waals surface area (Å²) in [6, 6.07) is 5.36. The van der Waals surface area contributed by atoms with E-state index in [4.69, 9.17) is 35.4 Å². The highest BCUT2D eigenvalue weighted by atomic mass is 35.5. The van der Waals surface area contributed by atoms with E-state index in [0.29, 0.717) is 10.6 Å². The summed E-state index contributed by atoms with van der Waals surface area (Å²) in [6.45, 7) is 7.91. The highest BCUT2D eigenvalue weighted by Gasteiger charge is 2.57. The van der Waals surface area contributed by atoms with E-state index in [9.17, 15) is 13.9 Å². The minimum Gasteiger partial charge on any atom is -0.321 e. The number of hydrogen-bond donors (Lipinski definition) is 1. The Bertz CT molecular complexity index is 742. The Kier molecular flexibility index (Phi) is 11.4. The van der Waals surface area contributed by atoms with Crippen LogP contribution in [0.25, 0.3) is 0 Å². The smallest absolute Gasteiger partial charge is 0.321 e. The molecule has 0 fully saturated rings. The number of carbonyl (C=O) groups excluding carboxylic acids is 1. The van der Waals surface area contributed by atoms with Gasteiger partial charge in [0.05, 0.1) is 32.5 Å². The molecule has 1 rings (SSSR count). The lowest BCUT2D eigenvalue weighted by atomic mass is 9.91. The van der Waals surface area contributed by atoms with Crippen molar-refractivity contribution in [3.8, 4) is 0 Å². The molecule has 0 aliphatic heterocycles. The molecular formula is C19H32ClNO7P2. The van der Waals surface area contributed by atoms with Gasteiger partial charge >= 0.3 is 15.2 Å². The fourth-order valence-electron chi connectivity index (χ4n) is 3.20. The fourth-order valence-corrected chi connectivity index (χ4v) is 9.28. The number of rotatable bonds is 14. The predicted molar refractivity (Wildman–Crippen MR) is 118 cm³/mol. The average Bonchev–Trinajstić information content (AvgIpc) is 2.65. The first kappa shape index (κ1) is 27.5. The maximum Gasteiger partial charge on any atom is 0.346 e. The lowest BCUT2D eigenvalue weighted by Gasteiger charge is -2.38. The first-order chi connectivity index (χ1) is 14.1. The van der Waals surface area contributed by atoms with Crippen LogP contribution in [-0.2, 0) is 32.0 Å². The highest BCUT2D eigenvalue weighted by molar-refractivity contribution is 7.72. The summed E-state index contributed by atoms with van der Waals surface area (Å²) < 4.78 is 50.1. The van der Waals surface area contributed by atoms with Crippen LogP contribution < -0.4 is 5.73 Å². The third kappa shape index (κ3) is 6.72. The lowest BCUT2D eigenvalue weighted by molar-refractivity contribution is -0.118. The van der Waals surface area contributed by atoms with Gasteiger partial charge in [0.2, 0.25) is 0 Å². The van der Waals surface area contributed by atoms with Crippen molar-refractivity contribution in [1.82, 2.24) is 0 Å². The van der Waals surface area contributed by atoms with Gasteiger partial charge in [0, 0.05) is 10.9 Å². The fraction of sp³-hybridized carbons (Fsp3) is 0.632. The summed E-state index contributed by atoms with van der Waals surface area (Å²) in [5.74, 6) is -1.46. The van der Waals surface area contributed by atoms with Crippen LogP contribution in [0.5, 0.6) is 0 Å². The Balaban J connectivity index is 3.89. The molecule has 0 bridgehead atoms. The zero-order chi connectivity index (χ0) is 22.9. The number of carbonyl (C=O) groups is 1. The first-order valence-corrected chi connectivity index (χ1v) is 13.5. The van der Waals surface area contributed by atoms with Gasteiger partial charge in [-0.05, 0) is 52.3 Å². The van der Waals surface area contributed by atoms with E-state index in [1.54, 1.807) is 52.0 Å². The van der Waals surface area contributed by atoms with Gasteiger partial charge in [0.15, 0.2) is 5.40 Å². The van der Waals surface area contributed by atoms with Crippen molar-refractivity contribution in [1.29, 1.82) is 0 Å². The molecule has 0 unspecified atom stereocenters. The minimum absolute atomic E-state index is 0.0175. The molecule has 0 saturated heterocycles. The molecular weight excluding hydrogens is 452 g/mol. The molecule has 2 atom stereocenters. The molecule has 0 aromatic heterocycles. The van der Waals surface area contributed by atoms with Crippen molar-refractivity contribution in [3.05, 3.63) is 34.9 Å². The lowest BCUT2D eigenvalue weighted by Crippen LogP contribution is -2.42. The van der Waals surface area contributed by atoms with Gasteiger partial charge in [0.1, 0.15) is 5.78 Å². The Labute approximate surface area is 183 Å². The van der Waals surface area contributed by atoms with E-state index in [0.717, 1.165) is 0 Å². The quantitative estimate of drug-likeness (QED) is 0.359. The van der Waals surface area contributed by atoms with Crippen molar-refractivity contribution in [2.75, 3.05) is 26.4 Å². The van der Waals surface area contributed by atoms with Gasteiger partial charge in [-0.3, -0.25) is 13.9 Å². The zero-order valence-corrected chi connectivity index (χ0v) is 20.6. The second kappa shape index (κ2) is 12.5. The third-order valence-corrected chi connectivity index (χ3v) is 10.6. The molecule has 30 heavy (non-hydrogen) atoms. The van der Waals surface area contributed by atoms with Crippen LogP contribution in [0.2, 0.25) is 5.02 Å². The Morgan fingerprint density at radius 3 is 1.73 bits per heavy atom. The Hall–Kier alpha value is -0.560. The van der Waals surface area contributed by atoms with Gasteiger partial charge in [0.25, 0.3) is 0 Å². The molecule has 1 aromatic rings. The summed E-state index contributed by atoms with van der Waals surface area (Å²) >= 11 is 6.16. The van der Waals surface area contributed by atoms with E-state index in [1.807, 2.05) is 0 Å². The van der Waals surface area contributed by atoms with E-state index in [-0.39, 0.29) is 26.4 Å². The van der Waals surface area contributed by atoms with Gasteiger partial charge < -0.3 is 23.8 Å². The van der Waals surface area contributed by atoms with Crippen LogP contribution in [0.15, 0.2) is 24.3 Å². The molecule has 0 aliphatic rings. The number of benzene rings is 1. The van der Waals surface area contributed by atoms with Crippen LogP contribution >= 0.6 is 26.8 Å². The molecule has 11 heteroatoms. The molecule has 0 aliphatic carbocycles. The van der Waals surface area contributed by atoms with Crippen molar-refractivity contribution >= 4 is 32.6 Å². The van der Waals surface area contributed by atoms with E-state index >= 15 is 0 Å². The second-order valence-corrected chi connectivity index (χ2v) is 11.5. The summed E-state index contributed by atoms with van der Waals surface area (Å²) in [7, 11) is -8.26. The second-order valence-electron chi connectivity index (χ2n) is 6.38. The molecule has 0 heterocycles. The van der Waals surface area contributed by atoms with E-state index in [1.165, 1.54) is 6.92 Å². The maximum atomic E-state index is 14.0. The van der Waals surface area contributed by atoms with Crippen molar-refractivity contribution < 1.29 is 32.0 Å². The van der Waals surface area contributed by atoms with Crippen LogP contribution in [0.1, 0.15) is 46.1 Å². The highest BCUT2D eigenvalue weighted by Crippen LogP contribution is 2.74. The summed E-state index contributed by atoms with van der Waals surface area (Å²) in [5, 5.41) is -1.10. The van der Waals surface area contributed by atoms with Crippen LogP contribution in [0, 0.1) is 0 Å². The summed E-state index contributed by atoms with van der Waals surface area (Å²) in [6.07, 6.45) is 0. The van der Waals surface area contributed by atoms with Gasteiger partial charge in [-0.1, -0.05) is 23.7 Å². The number of ketones is 1.